The predicted octanol–water partition coefficient (Wildman–Crippen LogP) is 3.40. The predicted molar refractivity (Wildman–Crippen MR) is 108 cm³/mol. The van der Waals surface area contributed by atoms with Crippen molar-refractivity contribution in [3.63, 3.8) is 0 Å². The summed E-state index contributed by atoms with van der Waals surface area (Å²) in [4.78, 5) is 12.7. The van der Waals surface area contributed by atoms with E-state index in [1.807, 2.05) is 41.1 Å². The highest BCUT2D eigenvalue weighted by Gasteiger charge is 2.31. The zero-order valence-electron chi connectivity index (χ0n) is 15.3. The molecule has 0 spiro atoms. The summed E-state index contributed by atoms with van der Waals surface area (Å²) in [5.41, 5.74) is 7.66. The van der Waals surface area contributed by atoms with Gasteiger partial charge in [0.25, 0.3) is 5.91 Å². The molecule has 3 N–H and O–H groups in total. The number of amides is 1. The van der Waals surface area contributed by atoms with E-state index in [1.165, 1.54) is 25.7 Å². The van der Waals surface area contributed by atoms with Crippen LogP contribution in [0.3, 0.4) is 0 Å². The van der Waals surface area contributed by atoms with E-state index in [2.05, 4.69) is 5.32 Å². The maximum absolute atomic E-state index is 12.7. The normalized spacial score (nSPS) is 22.6. The van der Waals surface area contributed by atoms with Gasteiger partial charge in [-0.05, 0) is 37.8 Å². The van der Waals surface area contributed by atoms with Crippen LogP contribution < -0.4 is 11.1 Å². The van der Waals surface area contributed by atoms with Crippen molar-refractivity contribution in [2.45, 2.75) is 56.7 Å². The van der Waals surface area contributed by atoms with E-state index in [1.54, 1.807) is 0 Å². The summed E-state index contributed by atoms with van der Waals surface area (Å²) in [7, 11) is 0. The minimum Gasteiger partial charge on any atom is -0.364 e. The molecule has 1 amide bonds. The van der Waals surface area contributed by atoms with Crippen molar-refractivity contribution < 1.29 is 9.53 Å². The molecule has 2 aromatic rings. The number of ether oxygens (including phenoxy) is 1. The summed E-state index contributed by atoms with van der Waals surface area (Å²) < 4.78 is 7.56. The van der Waals surface area contributed by atoms with Crippen LogP contribution >= 0.6 is 12.4 Å². The summed E-state index contributed by atoms with van der Waals surface area (Å²) in [5, 5.41) is 7.85. The Bertz CT molecular complexity index is 759. The highest BCUT2D eigenvalue weighted by atomic mass is 35.5. The number of halogens is 1. The van der Waals surface area contributed by atoms with Gasteiger partial charge in [-0.3, -0.25) is 4.79 Å². The quantitative estimate of drug-likeness (QED) is 0.819. The lowest BCUT2D eigenvalue weighted by atomic mass is 10.0. The van der Waals surface area contributed by atoms with Gasteiger partial charge in [-0.1, -0.05) is 31.0 Å². The first-order chi connectivity index (χ1) is 12.7. The van der Waals surface area contributed by atoms with Crippen molar-refractivity contribution in [1.82, 2.24) is 9.78 Å². The molecular weight excluding hydrogens is 364 g/mol. The average molecular weight is 391 g/mol. The molecule has 6 nitrogen and oxygen atoms in total. The third-order valence-electron chi connectivity index (χ3n) is 5.42. The number of rotatable bonds is 5. The molecule has 7 heteroatoms. The first kappa shape index (κ1) is 19.9. The van der Waals surface area contributed by atoms with E-state index in [0.29, 0.717) is 24.7 Å². The van der Waals surface area contributed by atoms with Crippen LogP contribution in [0.5, 0.6) is 0 Å². The van der Waals surface area contributed by atoms with Crippen molar-refractivity contribution in [3.8, 4) is 5.69 Å². The second-order valence-electron chi connectivity index (χ2n) is 7.23. The van der Waals surface area contributed by atoms with Crippen molar-refractivity contribution in [3.05, 3.63) is 42.1 Å². The van der Waals surface area contributed by atoms with Crippen LogP contribution in [0.25, 0.3) is 5.69 Å². The molecule has 27 heavy (non-hydrogen) atoms. The van der Waals surface area contributed by atoms with E-state index < -0.39 is 6.10 Å². The Labute approximate surface area is 165 Å². The fourth-order valence-electron chi connectivity index (χ4n) is 3.95. The second-order valence-corrected chi connectivity index (χ2v) is 7.23. The third-order valence-corrected chi connectivity index (χ3v) is 5.42. The van der Waals surface area contributed by atoms with Crippen LogP contribution in [0, 0.1) is 0 Å². The number of aromatic nitrogens is 2. The van der Waals surface area contributed by atoms with Crippen molar-refractivity contribution in [2.24, 2.45) is 5.73 Å². The van der Waals surface area contributed by atoms with Gasteiger partial charge in [0, 0.05) is 18.5 Å². The largest absolute Gasteiger partial charge is 0.364 e. The second kappa shape index (κ2) is 8.87. The van der Waals surface area contributed by atoms with Crippen LogP contribution in [0.4, 0.5) is 5.82 Å². The number of benzene rings is 1. The summed E-state index contributed by atoms with van der Waals surface area (Å²) in [6.45, 7) is 0.456. The lowest BCUT2D eigenvalue weighted by molar-refractivity contribution is -0.126. The zero-order chi connectivity index (χ0) is 17.9. The first-order valence-electron chi connectivity index (χ1n) is 9.56. The number of anilines is 1. The summed E-state index contributed by atoms with van der Waals surface area (Å²) in [6.07, 6.45) is 5.94. The Kier molecular flexibility index (Phi) is 6.52. The molecule has 2 fully saturated rings. The third kappa shape index (κ3) is 4.34. The highest BCUT2D eigenvalue weighted by molar-refractivity contribution is 5.94. The number of nitrogens with two attached hydrogens (primary N) is 1. The SMILES string of the molecule is Cl.NC[C@H]1CC[C@@H](C(=O)Nc2cc(C3CCCC3)nn2-c2ccccc2)O1. The van der Waals surface area contributed by atoms with Gasteiger partial charge >= 0.3 is 0 Å². The minimum absolute atomic E-state index is 0. The Hall–Kier alpha value is -1.89. The van der Waals surface area contributed by atoms with Crippen molar-refractivity contribution in [1.29, 1.82) is 0 Å². The van der Waals surface area contributed by atoms with Gasteiger partial charge in [-0.25, -0.2) is 4.68 Å². The van der Waals surface area contributed by atoms with E-state index in [4.69, 9.17) is 15.6 Å². The van der Waals surface area contributed by atoms with Gasteiger partial charge in [0.15, 0.2) is 0 Å². The number of carbonyl (C=O) groups is 1. The van der Waals surface area contributed by atoms with E-state index >= 15 is 0 Å². The topological polar surface area (TPSA) is 82.2 Å². The monoisotopic (exact) mass is 390 g/mol. The maximum atomic E-state index is 12.7. The molecule has 1 saturated carbocycles. The van der Waals surface area contributed by atoms with E-state index in [9.17, 15) is 4.79 Å². The molecule has 0 unspecified atom stereocenters. The molecule has 146 valence electrons. The van der Waals surface area contributed by atoms with Crippen molar-refractivity contribution in [2.75, 3.05) is 11.9 Å². The molecule has 1 aliphatic heterocycles. The summed E-state index contributed by atoms with van der Waals surface area (Å²) in [5.74, 6) is 1.08. The van der Waals surface area contributed by atoms with Crippen LogP contribution in [-0.2, 0) is 9.53 Å². The van der Waals surface area contributed by atoms with Crippen LogP contribution in [0.2, 0.25) is 0 Å². The lowest BCUT2D eigenvalue weighted by Gasteiger charge is -2.13. The molecule has 1 saturated heterocycles. The van der Waals surface area contributed by atoms with Crippen LogP contribution in [0.15, 0.2) is 36.4 Å². The fraction of sp³-hybridized carbons (Fsp3) is 0.500. The Balaban J connectivity index is 0.00000210. The minimum atomic E-state index is -0.433. The highest BCUT2D eigenvalue weighted by Crippen LogP contribution is 2.35. The van der Waals surface area contributed by atoms with Gasteiger partial charge in [-0.2, -0.15) is 5.10 Å². The van der Waals surface area contributed by atoms with E-state index in [-0.39, 0.29) is 24.4 Å². The summed E-state index contributed by atoms with van der Waals surface area (Å²) >= 11 is 0. The molecule has 4 rings (SSSR count). The number of hydrogen-bond donors (Lipinski definition) is 2. The van der Waals surface area contributed by atoms with Crippen LogP contribution in [-0.4, -0.2) is 34.4 Å². The number of hydrogen-bond acceptors (Lipinski definition) is 4. The smallest absolute Gasteiger partial charge is 0.254 e. The Morgan fingerprint density at radius 2 is 1.93 bits per heavy atom. The number of para-hydroxylation sites is 1. The molecule has 2 aliphatic rings. The summed E-state index contributed by atoms with van der Waals surface area (Å²) in [6, 6.07) is 11.9. The van der Waals surface area contributed by atoms with Gasteiger partial charge in [0.1, 0.15) is 11.9 Å². The molecule has 2 heterocycles. The van der Waals surface area contributed by atoms with Gasteiger partial charge in [-0.15, -0.1) is 12.4 Å². The van der Waals surface area contributed by atoms with E-state index in [0.717, 1.165) is 17.8 Å². The zero-order valence-corrected chi connectivity index (χ0v) is 16.2. The van der Waals surface area contributed by atoms with Crippen LogP contribution in [0.1, 0.15) is 50.1 Å². The number of carbonyl (C=O) groups excluding carboxylic acids is 1. The number of nitrogens with one attached hydrogen (secondary N) is 1. The van der Waals surface area contributed by atoms with Crippen molar-refractivity contribution >= 4 is 24.1 Å². The van der Waals surface area contributed by atoms with Gasteiger partial charge in [0.05, 0.1) is 17.5 Å². The maximum Gasteiger partial charge on any atom is 0.254 e. The van der Waals surface area contributed by atoms with Gasteiger partial charge < -0.3 is 15.8 Å². The standard InChI is InChI=1S/C20H26N4O2.ClH/c21-13-16-10-11-18(26-16)20(25)22-19-12-17(14-6-4-5-7-14)23-24(19)15-8-2-1-3-9-15;/h1-3,8-9,12,14,16,18H,4-7,10-11,13,21H2,(H,22,25);1H/t16-,18+;/m1./s1. The molecule has 1 aromatic heterocycles. The fourth-order valence-corrected chi connectivity index (χ4v) is 3.95. The molecule has 1 aromatic carbocycles. The molecule has 0 radical (unpaired) electrons. The van der Waals surface area contributed by atoms with Gasteiger partial charge in [0.2, 0.25) is 0 Å². The molecular formula is C20H27ClN4O2. The molecule has 1 aliphatic carbocycles. The molecule has 2 atom stereocenters. The average Bonchev–Trinajstić information content (AvgIpc) is 3.42. The lowest BCUT2D eigenvalue weighted by Crippen LogP contribution is -2.30. The molecule has 0 bridgehead atoms. The first-order valence-corrected chi connectivity index (χ1v) is 9.56. The Morgan fingerprint density at radius 1 is 1.19 bits per heavy atom. The Morgan fingerprint density at radius 3 is 2.59 bits per heavy atom. The number of nitrogens with zero attached hydrogens (tertiary/aromatic N) is 2.